The first-order valence-corrected chi connectivity index (χ1v) is 12.6. The van der Waals surface area contributed by atoms with Gasteiger partial charge in [-0.1, -0.05) is 0 Å². The molecule has 0 spiro atoms. The van der Waals surface area contributed by atoms with Gasteiger partial charge in [0.15, 0.2) is 0 Å². The third-order valence-corrected chi connectivity index (χ3v) is 5.77. The summed E-state index contributed by atoms with van der Waals surface area (Å²) in [6, 6.07) is 34.6. The van der Waals surface area contributed by atoms with E-state index in [1.807, 2.05) is 0 Å². The van der Waals surface area contributed by atoms with E-state index in [0.717, 1.165) is 45.5 Å². The molecule has 0 saturated heterocycles. The molecule has 0 radical (unpaired) electrons. The fraction of sp³-hybridized carbons (Fsp3) is 0.226. The van der Waals surface area contributed by atoms with Gasteiger partial charge < -0.3 is 26.2 Å². The van der Waals surface area contributed by atoms with Crippen LogP contribution in [0.15, 0.2) is 97.1 Å². The molecular weight excluding hydrogens is 442 g/mol. The van der Waals surface area contributed by atoms with E-state index in [9.17, 15) is 0 Å². The first-order valence-electron chi connectivity index (χ1n) is 12.6. The van der Waals surface area contributed by atoms with Gasteiger partial charge in [0.05, 0.1) is 0 Å². The highest BCUT2D eigenvalue weighted by molar-refractivity contribution is 5.70. The van der Waals surface area contributed by atoms with Crippen molar-refractivity contribution in [2.24, 2.45) is 0 Å². The van der Waals surface area contributed by atoms with Crippen molar-refractivity contribution in [1.29, 1.82) is 0 Å². The van der Waals surface area contributed by atoms with E-state index in [0.29, 0.717) is 12.1 Å². The average molecular weight is 480 g/mol. The van der Waals surface area contributed by atoms with Gasteiger partial charge in [-0.25, -0.2) is 0 Å². The van der Waals surface area contributed by atoms with Crippen molar-refractivity contribution < 1.29 is 0 Å². The summed E-state index contributed by atoms with van der Waals surface area (Å²) < 4.78 is 0. The Morgan fingerprint density at radius 1 is 0.417 bits per heavy atom. The fourth-order valence-corrected chi connectivity index (χ4v) is 3.99. The molecule has 186 valence electrons. The molecule has 4 aromatic rings. The van der Waals surface area contributed by atoms with Gasteiger partial charge in [-0.3, -0.25) is 0 Å². The van der Waals surface area contributed by atoms with E-state index < -0.39 is 0 Å². The van der Waals surface area contributed by atoms with Gasteiger partial charge in [-0.05, 0) is 125 Å². The van der Waals surface area contributed by atoms with E-state index in [4.69, 9.17) is 0 Å². The van der Waals surface area contributed by atoms with Crippen molar-refractivity contribution in [1.82, 2.24) is 0 Å². The van der Waals surface area contributed by atoms with Gasteiger partial charge >= 0.3 is 0 Å². The first kappa shape index (κ1) is 25.0. The Balaban J connectivity index is 1.34. The number of hydrogen-bond donors (Lipinski definition) is 4. The van der Waals surface area contributed by atoms with Crippen molar-refractivity contribution in [3.05, 3.63) is 97.1 Å². The zero-order valence-corrected chi connectivity index (χ0v) is 21.8. The average Bonchev–Trinajstić information content (AvgIpc) is 2.86. The molecule has 0 aliphatic rings. The molecular formula is C31H37N5. The largest absolute Gasteiger partial charge is 0.383 e. The molecule has 0 fully saturated rings. The van der Waals surface area contributed by atoms with E-state index >= 15 is 0 Å². The molecule has 0 aromatic heterocycles. The van der Waals surface area contributed by atoms with Crippen LogP contribution in [-0.2, 0) is 0 Å². The molecule has 36 heavy (non-hydrogen) atoms. The molecule has 0 aliphatic carbocycles. The standard InChI is InChI=1S/C31H37N5/c1-22(2)32-24-6-10-26(11-7-24)34-28-14-18-30(19-15-28)36(5)31-20-16-29(17-21-31)35-27-12-8-25(9-13-27)33-23(3)4/h6-23,32-35H,1-5H3. The van der Waals surface area contributed by atoms with E-state index in [1.165, 1.54) is 0 Å². The Morgan fingerprint density at radius 3 is 0.944 bits per heavy atom. The second kappa shape index (κ2) is 11.5. The lowest BCUT2D eigenvalue weighted by atomic mass is 10.2. The zero-order chi connectivity index (χ0) is 25.5. The van der Waals surface area contributed by atoms with Crippen molar-refractivity contribution in [3.63, 3.8) is 0 Å². The molecule has 0 unspecified atom stereocenters. The van der Waals surface area contributed by atoms with Gasteiger partial charge in [0.2, 0.25) is 0 Å². The predicted octanol–water partition coefficient (Wildman–Crippen LogP) is 8.58. The van der Waals surface area contributed by atoms with Crippen LogP contribution in [0.4, 0.5) is 45.5 Å². The van der Waals surface area contributed by atoms with Crippen LogP contribution in [-0.4, -0.2) is 19.1 Å². The summed E-state index contributed by atoms with van der Waals surface area (Å²) in [5.74, 6) is 0. The lowest BCUT2D eigenvalue weighted by Gasteiger charge is -2.20. The quantitative estimate of drug-likeness (QED) is 0.183. The molecule has 0 aliphatic heterocycles. The van der Waals surface area contributed by atoms with Crippen molar-refractivity contribution in [2.75, 3.05) is 33.2 Å². The Labute approximate surface area is 215 Å². The second-order valence-corrected chi connectivity index (χ2v) is 9.66. The molecule has 0 amide bonds. The van der Waals surface area contributed by atoms with Crippen molar-refractivity contribution in [2.45, 2.75) is 39.8 Å². The minimum Gasteiger partial charge on any atom is -0.383 e. The van der Waals surface area contributed by atoms with Crippen LogP contribution in [0.3, 0.4) is 0 Å². The lowest BCUT2D eigenvalue weighted by Crippen LogP contribution is -2.09. The molecule has 4 aromatic carbocycles. The van der Waals surface area contributed by atoms with Crippen LogP contribution in [0.1, 0.15) is 27.7 Å². The van der Waals surface area contributed by atoms with E-state index in [2.05, 4.69) is 158 Å². The summed E-state index contributed by atoms with van der Waals surface area (Å²) in [7, 11) is 2.09. The van der Waals surface area contributed by atoms with Gasteiger partial charge in [0.25, 0.3) is 0 Å². The molecule has 0 bridgehead atoms. The molecule has 5 nitrogen and oxygen atoms in total. The highest BCUT2D eigenvalue weighted by Gasteiger charge is 2.06. The smallest absolute Gasteiger partial charge is 0.0409 e. The number of hydrogen-bond acceptors (Lipinski definition) is 5. The lowest BCUT2D eigenvalue weighted by molar-refractivity contribution is 0.899. The Morgan fingerprint density at radius 2 is 0.667 bits per heavy atom. The maximum atomic E-state index is 3.48. The van der Waals surface area contributed by atoms with Crippen molar-refractivity contribution in [3.8, 4) is 0 Å². The third kappa shape index (κ3) is 6.95. The topological polar surface area (TPSA) is 51.4 Å². The van der Waals surface area contributed by atoms with Gasteiger partial charge in [0.1, 0.15) is 0 Å². The van der Waals surface area contributed by atoms with E-state index in [-0.39, 0.29) is 0 Å². The van der Waals surface area contributed by atoms with Crippen LogP contribution in [0.25, 0.3) is 0 Å². The Kier molecular flexibility index (Phi) is 8.01. The normalized spacial score (nSPS) is 10.9. The summed E-state index contributed by atoms with van der Waals surface area (Å²) in [5.41, 5.74) is 8.78. The molecule has 0 heterocycles. The van der Waals surface area contributed by atoms with Crippen LogP contribution in [0, 0.1) is 0 Å². The summed E-state index contributed by atoms with van der Waals surface area (Å²) in [6.07, 6.45) is 0. The number of nitrogens with one attached hydrogen (secondary N) is 4. The number of anilines is 8. The molecule has 4 N–H and O–H groups in total. The molecule has 0 saturated carbocycles. The number of benzene rings is 4. The number of rotatable bonds is 10. The maximum absolute atomic E-state index is 3.48. The molecule has 0 atom stereocenters. The first-order chi connectivity index (χ1) is 17.4. The van der Waals surface area contributed by atoms with Gasteiger partial charge in [-0.15, -0.1) is 0 Å². The fourth-order valence-electron chi connectivity index (χ4n) is 3.99. The highest BCUT2D eigenvalue weighted by Crippen LogP contribution is 2.28. The summed E-state index contributed by atoms with van der Waals surface area (Å²) in [5, 5.41) is 13.8. The second-order valence-electron chi connectivity index (χ2n) is 9.66. The maximum Gasteiger partial charge on any atom is 0.0409 e. The minimum atomic E-state index is 0.422. The molecule has 4 rings (SSSR count). The summed E-state index contributed by atoms with van der Waals surface area (Å²) in [6.45, 7) is 8.56. The third-order valence-electron chi connectivity index (χ3n) is 5.77. The van der Waals surface area contributed by atoms with Crippen LogP contribution in [0.2, 0.25) is 0 Å². The highest BCUT2D eigenvalue weighted by atomic mass is 15.1. The van der Waals surface area contributed by atoms with Crippen LogP contribution in [0.5, 0.6) is 0 Å². The summed E-state index contributed by atoms with van der Waals surface area (Å²) in [4.78, 5) is 2.19. The SMILES string of the molecule is CC(C)Nc1ccc(Nc2ccc(N(C)c3ccc(Nc4ccc(NC(C)C)cc4)cc3)cc2)cc1. The Bertz CT molecular complexity index is 1110. The van der Waals surface area contributed by atoms with Gasteiger partial charge in [0, 0.05) is 64.6 Å². The van der Waals surface area contributed by atoms with Gasteiger partial charge in [-0.2, -0.15) is 0 Å². The zero-order valence-electron chi connectivity index (χ0n) is 21.8. The molecule has 5 heteroatoms. The monoisotopic (exact) mass is 479 g/mol. The predicted molar refractivity (Wildman–Crippen MR) is 158 cm³/mol. The van der Waals surface area contributed by atoms with Crippen molar-refractivity contribution >= 4 is 45.5 Å². The minimum absolute atomic E-state index is 0.422. The van der Waals surface area contributed by atoms with E-state index in [1.54, 1.807) is 0 Å². The van der Waals surface area contributed by atoms with Crippen LogP contribution < -0.4 is 26.2 Å². The van der Waals surface area contributed by atoms with Crippen LogP contribution >= 0.6 is 0 Å². The number of nitrogens with zero attached hydrogens (tertiary/aromatic N) is 1. The summed E-state index contributed by atoms with van der Waals surface area (Å²) >= 11 is 0. The Hall–Kier alpha value is -4.12.